The van der Waals surface area contributed by atoms with E-state index in [4.69, 9.17) is 14.2 Å². The molecule has 160 valence electrons. The Kier molecular flexibility index (Phi) is 8.23. The summed E-state index contributed by atoms with van der Waals surface area (Å²) in [7, 11) is 0. The Hall–Kier alpha value is -2.90. The molecule has 1 amide bonds. The number of nitrogens with one attached hydrogen (secondary N) is 1. The molecule has 7 nitrogen and oxygen atoms in total. The van der Waals surface area contributed by atoms with Crippen LogP contribution in [0.2, 0.25) is 0 Å². The number of nitrogens with zero attached hydrogens (tertiary/aromatic N) is 1. The molecule has 1 aliphatic heterocycles. The fraction of sp³-hybridized carbons (Fsp3) is 0.391. The maximum atomic E-state index is 12.5. The van der Waals surface area contributed by atoms with Gasteiger partial charge in [0.2, 0.25) is 0 Å². The second-order valence-electron chi connectivity index (χ2n) is 7.23. The number of hydrogen-bond donors (Lipinski definition) is 1. The molecule has 1 saturated heterocycles. The van der Waals surface area contributed by atoms with E-state index in [1.165, 1.54) is 6.92 Å². The van der Waals surface area contributed by atoms with Crippen molar-refractivity contribution >= 4 is 12.1 Å². The quantitative estimate of drug-likeness (QED) is 0.672. The number of hydrogen-bond acceptors (Lipinski definition) is 6. The highest BCUT2D eigenvalue weighted by molar-refractivity contribution is 5.67. The van der Waals surface area contributed by atoms with Crippen LogP contribution in [0.3, 0.4) is 0 Å². The Balaban J connectivity index is 1.63. The van der Waals surface area contributed by atoms with Crippen molar-refractivity contribution in [2.24, 2.45) is 0 Å². The summed E-state index contributed by atoms with van der Waals surface area (Å²) in [5.74, 6) is -0.356. The van der Waals surface area contributed by atoms with Crippen molar-refractivity contribution in [3.05, 3.63) is 71.8 Å². The lowest BCUT2D eigenvalue weighted by Gasteiger charge is -2.36. The summed E-state index contributed by atoms with van der Waals surface area (Å²) in [6.07, 6.45) is -0.306. The van der Waals surface area contributed by atoms with Gasteiger partial charge in [-0.05, 0) is 17.5 Å². The standard InChI is InChI=1S/C23H28N2O5/c1-18(26)30-22-17-28-13-12-25(22)15-21(14-19-8-4-2-5-9-19)24-23(27)29-16-20-10-6-3-7-11-20/h2-11,21-22H,12-17H2,1H3,(H,24,27)/t21-,22?/m1/s1. The number of carbonyl (C=O) groups is 2. The van der Waals surface area contributed by atoms with E-state index in [1.54, 1.807) is 0 Å². The lowest BCUT2D eigenvalue weighted by molar-refractivity contribution is -0.173. The van der Waals surface area contributed by atoms with E-state index in [2.05, 4.69) is 5.32 Å². The van der Waals surface area contributed by atoms with Crippen LogP contribution >= 0.6 is 0 Å². The molecule has 0 spiro atoms. The van der Waals surface area contributed by atoms with Gasteiger partial charge in [0.1, 0.15) is 6.61 Å². The predicted octanol–water partition coefficient (Wildman–Crippen LogP) is 2.75. The van der Waals surface area contributed by atoms with Gasteiger partial charge in [-0.25, -0.2) is 4.79 Å². The highest BCUT2D eigenvalue weighted by Gasteiger charge is 2.28. The van der Waals surface area contributed by atoms with Gasteiger partial charge in [0.25, 0.3) is 0 Å². The molecule has 0 bridgehead atoms. The molecule has 0 saturated carbocycles. The van der Waals surface area contributed by atoms with E-state index >= 15 is 0 Å². The van der Waals surface area contributed by atoms with Crippen molar-refractivity contribution in [3.63, 3.8) is 0 Å². The fourth-order valence-corrected chi connectivity index (χ4v) is 3.40. The molecular weight excluding hydrogens is 384 g/mol. The highest BCUT2D eigenvalue weighted by atomic mass is 16.6. The Labute approximate surface area is 176 Å². The van der Waals surface area contributed by atoms with Gasteiger partial charge in [-0.15, -0.1) is 0 Å². The average Bonchev–Trinajstić information content (AvgIpc) is 2.75. The minimum absolute atomic E-state index is 0.207. The van der Waals surface area contributed by atoms with Crippen LogP contribution in [-0.2, 0) is 32.0 Å². The molecule has 1 N–H and O–H groups in total. The zero-order valence-corrected chi connectivity index (χ0v) is 17.2. The molecule has 0 aliphatic carbocycles. The normalized spacial score (nSPS) is 17.7. The number of benzene rings is 2. The zero-order chi connectivity index (χ0) is 21.2. The number of amides is 1. The topological polar surface area (TPSA) is 77.1 Å². The highest BCUT2D eigenvalue weighted by Crippen LogP contribution is 2.12. The Morgan fingerprint density at radius 1 is 1.10 bits per heavy atom. The molecule has 1 unspecified atom stereocenters. The summed E-state index contributed by atoms with van der Waals surface area (Å²) in [6.45, 7) is 3.58. The first-order chi connectivity index (χ1) is 14.6. The van der Waals surface area contributed by atoms with Gasteiger partial charge in [0.15, 0.2) is 6.23 Å². The van der Waals surface area contributed by atoms with Crippen LogP contribution in [-0.4, -0.2) is 55.5 Å². The van der Waals surface area contributed by atoms with Crippen molar-refractivity contribution in [2.45, 2.75) is 32.2 Å². The van der Waals surface area contributed by atoms with E-state index in [9.17, 15) is 9.59 Å². The van der Waals surface area contributed by atoms with Crippen LogP contribution in [0.1, 0.15) is 18.1 Å². The molecule has 7 heteroatoms. The molecular formula is C23H28N2O5. The second kappa shape index (κ2) is 11.3. The summed E-state index contributed by atoms with van der Waals surface area (Å²) in [5, 5.41) is 2.97. The summed E-state index contributed by atoms with van der Waals surface area (Å²) in [4.78, 5) is 25.9. The van der Waals surface area contributed by atoms with E-state index in [1.807, 2.05) is 65.6 Å². The maximum absolute atomic E-state index is 12.5. The van der Waals surface area contributed by atoms with Crippen LogP contribution in [0, 0.1) is 0 Å². The van der Waals surface area contributed by atoms with Crippen molar-refractivity contribution in [1.29, 1.82) is 0 Å². The van der Waals surface area contributed by atoms with Crippen molar-refractivity contribution < 1.29 is 23.8 Å². The molecule has 1 fully saturated rings. The SMILES string of the molecule is CC(=O)OC1COCCN1C[C@@H](Cc1ccccc1)NC(=O)OCc1ccccc1. The minimum Gasteiger partial charge on any atom is -0.445 e. The molecule has 0 aromatic heterocycles. The van der Waals surface area contributed by atoms with Crippen molar-refractivity contribution in [2.75, 3.05) is 26.3 Å². The molecule has 1 heterocycles. The van der Waals surface area contributed by atoms with Gasteiger partial charge < -0.3 is 19.5 Å². The Morgan fingerprint density at radius 2 is 1.77 bits per heavy atom. The largest absolute Gasteiger partial charge is 0.445 e. The fourth-order valence-electron chi connectivity index (χ4n) is 3.40. The zero-order valence-electron chi connectivity index (χ0n) is 17.2. The van der Waals surface area contributed by atoms with Crippen LogP contribution in [0.15, 0.2) is 60.7 Å². The monoisotopic (exact) mass is 412 g/mol. The molecule has 3 rings (SSSR count). The third kappa shape index (κ3) is 7.17. The smallest absolute Gasteiger partial charge is 0.407 e. The van der Waals surface area contributed by atoms with E-state index in [-0.39, 0.29) is 18.6 Å². The van der Waals surface area contributed by atoms with Crippen LogP contribution < -0.4 is 5.32 Å². The second-order valence-corrected chi connectivity index (χ2v) is 7.23. The lowest BCUT2D eigenvalue weighted by atomic mass is 10.1. The molecule has 2 aromatic rings. The molecule has 2 atom stereocenters. The third-order valence-corrected chi connectivity index (χ3v) is 4.81. The summed E-state index contributed by atoms with van der Waals surface area (Å²) >= 11 is 0. The van der Waals surface area contributed by atoms with Crippen molar-refractivity contribution in [3.8, 4) is 0 Å². The minimum atomic E-state index is -0.475. The van der Waals surface area contributed by atoms with E-state index in [0.29, 0.717) is 32.7 Å². The average molecular weight is 412 g/mol. The van der Waals surface area contributed by atoms with Gasteiger partial charge in [0.05, 0.1) is 13.2 Å². The number of rotatable bonds is 8. The Morgan fingerprint density at radius 3 is 2.43 bits per heavy atom. The first-order valence-corrected chi connectivity index (χ1v) is 10.1. The number of carbonyl (C=O) groups excluding carboxylic acids is 2. The van der Waals surface area contributed by atoms with E-state index in [0.717, 1.165) is 11.1 Å². The number of ether oxygens (including phenoxy) is 3. The summed E-state index contributed by atoms with van der Waals surface area (Å²) in [5.41, 5.74) is 2.03. The predicted molar refractivity (Wildman–Crippen MR) is 112 cm³/mol. The molecule has 2 aromatic carbocycles. The number of esters is 1. The van der Waals surface area contributed by atoms with E-state index < -0.39 is 12.3 Å². The van der Waals surface area contributed by atoms with Gasteiger partial charge >= 0.3 is 12.1 Å². The van der Waals surface area contributed by atoms with Crippen LogP contribution in [0.4, 0.5) is 4.79 Å². The van der Waals surface area contributed by atoms with Crippen LogP contribution in [0.25, 0.3) is 0 Å². The lowest BCUT2D eigenvalue weighted by Crippen LogP contribution is -2.54. The van der Waals surface area contributed by atoms with Gasteiger partial charge in [-0.3, -0.25) is 9.69 Å². The summed E-state index contributed by atoms with van der Waals surface area (Å²) < 4.78 is 16.2. The number of alkyl carbamates (subject to hydrolysis) is 1. The maximum Gasteiger partial charge on any atom is 0.407 e. The Bertz CT molecular complexity index is 800. The first kappa shape index (κ1) is 21.8. The van der Waals surface area contributed by atoms with Gasteiger partial charge in [0, 0.05) is 26.1 Å². The summed E-state index contributed by atoms with van der Waals surface area (Å²) in [6, 6.07) is 19.3. The molecule has 30 heavy (non-hydrogen) atoms. The first-order valence-electron chi connectivity index (χ1n) is 10.1. The molecule has 1 aliphatic rings. The van der Waals surface area contributed by atoms with Crippen LogP contribution in [0.5, 0.6) is 0 Å². The molecule has 0 radical (unpaired) electrons. The van der Waals surface area contributed by atoms with Gasteiger partial charge in [-0.1, -0.05) is 60.7 Å². The van der Waals surface area contributed by atoms with Gasteiger partial charge in [-0.2, -0.15) is 0 Å². The van der Waals surface area contributed by atoms with Crippen molar-refractivity contribution in [1.82, 2.24) is 10.2 Å². The third-order valence-electron chi connectivity index (χ3n) is 4.81. The number of morpholine rings is 1.